The summed E-state index contributed by atoms with van der Waals surface area (Å²) >= 11 is 0. The molecule has 0 saturated heterocycles. The Morgan fingerprint density at radius 1 is 1.33 bits per heavy atom. The normalized spacial score (nSPS) is 12.3. The van der Waals surface area contributed by atoms with Crippen LogP contribution < -0.4 is 10.1 Å². The van der Waals surface area contributed by atoms with Crippen molar-refractivity contribution in [3.05, 3.63) is 29.8 Å². The molecule has 0 spiro atoms. The highest BCUT2D eigenvalue weighted by Gasteiger charge is 2.11. The first-order valence-corrected chi connectivity index (χ1v) is 5.38. The summed E-state index contributed by atoms with van der Waals surface area (Å²) in [4.78, 5) is 11.1. The van der Waals surface area contributed by atoms with E-state index in [1.165, 1.54) is 19.2 Å². The van der Waals surface area contributed by atoms with Gasteiger partial charge in [-0.25, -0.2) is 0 Å². The zero-order valence-corrected chi connectivity index (χ0v) is 10.2. The fourth-order valence-corrected chi connectivity index (χ4v) is 1.32. The Labute approximate surface area is 104 Å². The van der Waals surface area contributed by atoms with E-state index in [-0.39, 0.29) is 11.7 Å². The van der Waals surface area contributed by atoms with Crippen LogP contribution in [0.4, 0.5) is 8.78 Å². The molecule has 1 aromatic rings. The van der Waals surface area contributed by atoms with Crippen molar-refractivity contribution in [1.82, 2.24) is 5.32 Å². The molecule has 4 nitrogen and oxygen atoms in total. The standard InChI is InChI=1S/C12H15F2NO3/c1-8(11(16)17-2)15-7-9-3-5-10(6-4-9)18-12(13)14/h3-6,8,12,15H,7H2,1-2H3/t8-/m0/s1. The predicted molar refractivity (Wildman–Crippen MR) is 61.4 cm³/mol. The number of benzene rings is 1. The van der Waals surface area contributed by atoms with Crippen LogP contribution in [-0.2, 0) is 16.1 Å². The average molecular weight is 259 g/mol. The van der Waals surface area contributed by atoms with Gasteiger partial charge in [0.25, 0.3) is 0 Å². The minimum Gasteiger partial charge on any atom is -0.468 e. The average Bonchev–Trinajstić information content (AvgIpc) is 2.36. The summed E-state index contributed by atoms with van der Waals surface area (Å²) in [6.45, 7) is -0.709. The van der Waals surface area contributed by atoms with Crippen LogP contribution in [0.3, 0.4) is 0 Å². The molecular formula is C12H15F2NO3. The Bertz CT molecular complexity index is 381. The summed E-state index contributed by atoms with van der Waals surface area (Å²) in [5.41, 5.74) is 0.854. The van der Waals surface area contributed by atoms with E-state index in [0.717, 1.165) is 5.56 Å². The summed E-state index contributed by atoms with van der Waals surface area (Å²) in [5.74, 6) is -0.248. The molecule has 0 aromatic heterocycles. The first kappa shape index (κ1) is 14.4. The van der Waals surface area contributed by atoms with Gasteiger partial charge in [0, 0.05) is 6.54 Å². The highest BCUT2D eigenvalue weighted by atomic mass is 19.3. The zero-order chi connectivity index (χ0) is 13.5. The molecule has 0 unspecified atom stereocenters. The summed E-state index contributed by atoms with van der Waals surface area (Å²) in [6.07, 6.45) is 0. The minimum absolute atomic E-state index is 0.106. The second kappa shape index (κ2) is 6.90. The highest BCUT2D eigenvalue weighted by Crippen LogP contribution is 2.14. The molecule has 0 aliphatic rings. The van der Waals surface area contributed by atoms with E-state index in [0.29, 0.717) is 6.54 Å². The van der Waals surface area contributed by atoms with Crippen LogP contribution >= 0.6 is 0 Å². The fraction of sp³-hybridized carbons (Fsp3) is 0.417. The number of carbonyl (C=O) groups excluding carboxylic acids is 1. The van der Waals surface area contributed by atoms with Crippen LogP contribution in [0.5, 0.6) is 5.75 Å². The van der Waals surface area contributed by atoms with Gasteiger partial charge in [-0.3, -0.25) is 4.79 Å². The van der Waals surface area contributed by atoms with Gasteiger partial charge in [-0.15, -0.1) is 0 Å². The topological polar surface area (TPSA) is 47.6 Å². The molecular weight excluding hydrogens is 244 g/mol. The van der Waals surface area contributed by atoms with Crippen molar-refractivity contribution in [2.45, 2.75) is 26.1 Å². The molecule has 0 fully saturated rings. The Morgan fingerprint density at radius 2 is 1.94 bits per heavy atom. The maximum absolute atomic E-state index is 11.9. The number of rotatable bonds is 6. The summed E-state index contributed by atoms with van der Waals surface area (Å²) in [7, 11) is 1.32. The van der Waals surface area contributed by atoms with Gasteiger partial charge in [-0.05, 0) is 24.6 Å². The van der Waals surface area contributed by atoms with E-state index < -0.39 is 12.7 Å². The number of methoxy groups -OCH3 is 1. The third-order valence-electron chi connectivity index (χ3n) is 2.32. The van der Waals surface area contributed by atoms with Crippen LogP contribution in [0, 0.1) is 0 Å². The number of hydrogen-bond acceptors (Lipinski definition) is 4. The van der Waals surface area contributed by atoms with Gasteiger partial charge in [0.2, 0.25) is 0 Å². The molecule has 0 aliphatic heterocycles. The second-order valence-corrected chi connectivity index (χ2v) is 3.65. The van der Waals surface area contributed by atoms with Gasteiger partial charge in [-0.2, -0.15) is 8.78 Å². The number of esters is 1. The number of hydrogen-bond donors (Lipinski definition) is 1. The first-order chi connectivity index (χ1) is 8.52. The third kappa shape index (κ3) is 4.67. The molecule has 0 heterocycles. The van der Waals surface area contributed by atoms with Gasteiger partial charge in [0.1, 0.15) is 11.8 Å². The van der Waals surface area contributed by atoms with E-state index >= 15 is 0 Å². The Kier molecular flexibility index (Phi) is 5.51. The van der Waals surface area contributed by atoms with Crippen molar-refractivity contribution in [1.29, 1.82) is 0 Å². The molecule has 100 valence electrons. The number of ether oxygens (including phenoxy) is 2. The molecule has 6 heteroatoms. The van der Waals surface area contributed by atoms with Crippen LogP contribution in [-0.4, -0.2) is 25.7 Å². The lowest BCUT2D eigenvalue weighted by Gasteiger charge is -2.11. The molecule has 0 saturated carbocycles. The molecule has 0 radical (unpaired) electrons. The minimum atomic E-state index is -2.83. The molecule has 1 rings (SSSR count). The summed E-state index contributed by atoms with van der Waals surface area (Å²) < 4.78 is 32.6. The Balaban J connectivity index is 2.46. The summed E-state index contributed by atoms with van der Waals surface area (Å²) in [5, 5.41) is 2.95. The Hall–Kier alpha value is -1.69. The van der Waals surface area contributed by atoms with Crippen LogP contribution in [0.2, 0.25) is 0 Å². The van der Waals surface area contributed by atoms with Crippen molar-refractivity contribution in [3.63, 3.8) is 0 Å². The zero-order valence-electron chi connectivity index (χ0n) is 10.2. The fourth-order valence-electron chi connectivity index (χ4n) is 1.32. The van der Waals surface area contributed by atoms with E-state index in [2.05, 4.69) is 14.8 Å². The highest BCUT2D eigenvalue weighted by molar-refractivity contribution is 5.75. The second-order valence-electron chi connectivity index (χ2n) is 3.65. The molecule has 1 aromatic carbocycles. The van der Waals surface area contributed by atoms with E-state index in [9.17, 15) is 13.6 Å². The van der Waals surface area contributed by atoms with Gasteiger partial charge >= 0.3 is 12.6 Å². The van der Waals surface area contributed by atoms with E-state index in [4.69, 9.17) is 0 Å². The van der Waals surface area contributed by atoms with Gasteiger partial charge in [0.05, 0.1) is 7.11 Å². The molecule has 1 N–H and O–H groups in total. The maximum Gasteiger partial charge on any atom is 0.387 e. The molecule has 0 bridgehead atoms. The lowest BCUT2D eigenvalue weighted by Crippen LogP contribution is -2.34. The quantitative estimate of drug-likeness (QED) is 0.793. The van der Waals surface area contributed by atoms with Gasteiger partial charge < -0.3 is 14.8 Å². The van der Waals surface area contributed by atoms with Gasteiger partial charge in [0.15, 0.2) is 0 Å². The SMILES string of the molecule is COC(=O)[C@H](C)NCc1ccc(OC(F)F)cc1. The number of carbonyl (C=O) groups is 1. The van der Waals surface area contributed by atoms with Crippen LogP contribution in [0.1, 0.15) is 12.5 Å². The smallest absolute Gasteiger partial charge is 0.387 e. The van der Waals surface area contributed by atoms with Crippen molar-refractivity contribution in [2.24, 2.45) is 0 Å². The molecule has 18 heavy (non-hydrogen) atoms. The molecule has 0 amide bonds. The first-order valence-electron chi connectivity index (χ1n) is 5.38. The predicted octanol–water partition coefficient (Wildman–Crippen LogP) is 1.94. The maximum atomic E-state index is 11.9. The van der Waals surface area contributed by atoms with Crippen molar-refractivity contribution in [2.75, 3.05) is 7.11 Å². The van der Waals surface area contributed by atoms with Crippen molar-refractivity contribution < 1.29 is 23.0 Å². The van der Waals surface area contributed by atoms with Crippen molar-refractivity contribution in [3.8, 4) is 5.75 Å². The van der Waals surface area contributed by atoms with Crippen LogP contribution in [0.15, 0.2) is 24.3 Å². The molecule has 1 atom stereocenters. The van der Waals surface area contributed by atoms with E-state index in [1.807, 2.05) is 0 Å². The van der Waals surface area contributed by atoms with E-state index in [1.54, 1.807) is 19.1 Å². The monoisotopic (exact) mass is 259 g/mol. The summed E-state index contributed by atoms with van der Waals surface area (Å²) in [6, 6.07) is 5.77. The number of alkyl halides is 2. The lowest BCUT2D eigenvalue weighted by atomic mass is 10.2. The van der Waals surface area contributed by atoms with Crippen molar-refractivity contribution >= 4 is 5.97 Å². The Morgan fingerprint density at radius 3 is 2.44 bits per heavy atom. The lowest BCUT2D eigenvalue weighted by molar-refractivity contribution is -0.142. The largest absolute Gasteiger partial charge is 0.468 e. The third-order valence-corrected chi connectivity index (χ3v) is 2.32. The number of nitrogens with one attached hydrogen (secondary N) is 1. The van der Waals surface area contributed by atoms with Crippen LogP contribution in [0.25, 0.3) is 0 Å². The van der Waals surface area contributed by atoms with Gasteiger partial charge in [-0.1, -0.05) is 12.1 Å². The number of halogens is 2. The molecule has 0 aliphatic carbocycles.